The first-order chi connectivity index (χ1) is 10.1. The minimum atomic E-state index is -0.302. The van der Waals surface area contributed by atoms with Crippen LogP contribution in [-0.2, 0) is 9.53 Å². The molecule has 0 atom stereocenters. The molecule has 2 rings (SSSR count). The van der Waals surface area contributed by atoms with E-state index in [1.807, 2.05) is 36.4 Å². The Kier molecular flexibility index (Phi) is 5.31. The fourth-order valence-corrected chi connectivity index (χ4v) is 3.16. The number of hydrogen-bond donors (Lipinski definition) is 0. The summed E-state index contributed by atoms with van der Waals surface area (Å²) in [5.41, 5.74) is 2.65. The molecule has 2 aromatic rings. The first-order valence-electron chi connectivity index (χ1n) is 6.66. The van der Waals surface area contributed by atoms with Crippen LogP contribution in [-0.4, -0.2) is 32.2 Å². The number of rotatable bonds is 5. The van der Waals surface area contributed by atoms with Crippen molar-refractivity contribution < 1.29 is 14.3 Å². The van der Waals surface area contributed by atoms with Gasteiger partial charge in [-0.05, 0) is 0 Å². The summed E-state index contributed by atoms with van der Waals surface area (Å²) in [4.78, 5) is 22.7. The van der Waals surface area contributed by atoms with Gasteiger partial charge in [0.15, 0.2) is 0 Å². The van der Waals surface area contributed by atoms with E-state index in [2.05, 4.69) is 0 Å². The molecule has 4 heteroatoms. The maximum absolute atomic E-state index is 11.6. The zero-order valence-corrected chi connectivity index (χ0v) is 13.7. The third kappa shape index (κ3) is 4.28. The molecule has 21 heavy (non-hydrogen) atoms. The maximum atomic E-state index is 11.6. The van der Waals surface area contributed by atoms with Crippen LogP contribution in [0.1, 0.15) is 24.2 Å². The summed E-state index contributed by atoms with van der Waals surface area (Å²) in [6.07, 6.45) is 0. The van der Waals surface area contributed by atoms with Crippen LogP contribution < -0.4 is 4.46 Å². The summed E-state index contributed by atoms with van der Waals surface area (Å²) in [7, 11) is 0. The van der Waals surface area contributed by atoms with Gasteiger partial charge >= 0.3 is 130 Å². The monoisotopic (exact) mass is 348 g/mol. The molecule has 0 radical (unpaired) electrons. The van der Waals surface area contributed by atoms with Crippen LogP contribution in [0.15, 0.2) is 48.5 Å². The van der Waals surface area contributed by atoms with E-state index in [1.54, 1.807) is 26.0 Å². The molecule has 0 aliphatic heterocycles. The molecule has 0 heterocycles. The Hall–Kier alpha value is -1.90. The Balaban J connectivity index is 2.15. The second-order valence-electron chi connectivity index (χ2n) is 4.42. The van der Waals surface area contributed by atoms with E-state index >= 15 is 0 Å². The van der Waals surface area contributed by atoms with Crippen LogP contribution in [0.25, 0.3) is 11.1 Å². The summed E-state index contributed by atoms with van der Waals surface area (Å²) in [5, 5.41) is 0. The fourth-order valence-electron chi connectivity index (χ4n) is 1.89. The molecule has 0 saturated heterocycles. The van der Waals surface area contributed by atoms with Gasteiger partial charge in [-0.25, -0.2) is 0 Å². The molecule has 0 fully saturated rings. The van der Waals surface area contributed by atoms with E-state index in [1.165, 1.54) is 0 Å². The molecule has 0 aliphatic carbocycles. The zero-order valence-electron chi connectivity index (χ0n) is 12.0. The van der Waals surface area contributed by atoms with Crippen LogP contribution in [0.5, 0.6) is 0 Å². The van der Waals surface area contributed by atoms with E-state index in [4.69, 9.17) is 4.74 Å². The van der Waals surface area contributed by atoms with Crippen molar-refractivity contribution in [2.24, 2.45) is 0 Å². The second kappa shape index (κ2) is 7.21. The first kappa shape index (κ1) is 15.5. The van der Waals surface area contributed by atoms with Crippen molar-refractivity contribution in [1.82, 2.24) is 0 Å². The van der Waals surface area contributed by atoms with E-state index in [0.29, 0.717) is 12.2 Å². The summed E-state index contributed by atoms with van der Waals surface area (Å²) >= 11 is -0.105. The Morgan fingerprint density at radius 3 is 1.95 bits per heavy atom. The molecule has 0 spiro atoms. The fraction of sp³-hybridized carbons (Fsp3) is 0.176. The van der Waals surface area contributed by atoms with Crippen molar-refractivity contribution in [2.45, 2.75) is 13.8 Å². The van der Waals surface area contributed by atoms with Crippen LogP contribution >= 0.6 is 0 Å². The van der Waals surface area contributed by atoms with E-state index < -0.39 is 0 Å². The van der Waals surface area contributed by atoms with Gasteiger partial charge in [0.05, 0.1) is 0 Å². The van der Waals surface area contributed by atoms with Gasteiger partial charge in [0.2, 0.25) is 0 Å². The van der Waals surface area contributed by atoms with Crippen LogP contribution in [0.2, 0.25) is 0 Å². The number of carbonyl (C=O) groups excluding carboxylic acids is 2. The van der Waals surface area contributed by atoms with Crippen LogP contribution in [0, 0.1) is 0 Å². The zero-order chi connectivity index (χ0) is 15.2. The van der Waals surface area contributed by atoms with Gasteiger partial charge in [0.25, 0.3) is 0 Å². The molecule has 0 aromatic heterocycles. The molecule has 0 N–H and O–H groups in total. The molecule has 0 bridgehead atoms. The van der Waals surface area contributed by atoms with Gasteiger partial charge in [-0.1, -0.05) is 0 Å². The van der Waals surface area contributed by atoms with E-state index in [9.17, 15) is 9.59 Å². The molecular weight excluding hydrogens is 331 g/mol. The molecule has 0 saturated carbocycles. The molecule has 108 valence electrons. The quantitative estimate of drug-likeness (QED) is 0.616. The van der Waals surface area contributed by atoms with Gasteiger partial charge in [-0.3, -0.25) is 0 Å². The number of ether oxygens (including phenoxy) is 1. The van der Waals surface area contributed by atoms with Crippen LogP contribution in [0.4, 0.5) is 0 Å². The predicted octanol–water partition coefficient (Wildman–Crippen LogP) is 2.41. The number of hydrogen-bond acceptors (Lipinski definition) is 3. The minimum absolute atomic E-state index is 0.105. The Labute approximate surface area is 130 Å². The average molecular weight is 347 g/mol. The molecule has 0 amide bonds. The molecular formula is C17H16O3Se. The van der Waals surface area contributed by atoms with Crippen molar-refractivity contribution in [3.8, 4) is 11.1 Å². The SMILES string of the molecule is CCOC(=O)c1ccc(-c2ccc([Se]C(C)=O)cc2)cc1. The van der Waals surface area contributed by atoms with Crippen molar-refractivity contribution in [1.29, 1.82) is 0 Å². The Morgan fingerprint density at radius 1 is 0.952 bits per heavy atom. The molecule has 0 aliphatic rings. The number of benzene rings is 2. The summed E-state index contributed by atoms with van der Waals surface area (Å²) < 4.78 is 6.25. The summed E-state index contributed by atoms with van der Waals surface area (Å²) in [6.45, 7) is 3.78. The van der Waals surface area contributed by atoms with Crippen molar-refractivity contribution >= 4 is 30.1 Å². The number of esters is 1. The standard InChI is InChI=1S/C17H16O3Se/c1-3-20-17(19)15-6-4-13(5-7-15)14-8-10-16(11-9-14)21-12(2)18/h4-11H,3H2,1-2H3. The average Bonchev–Trinajstić information content (AvgIpc) is 2.48. The normalized spacial score (nSPS) is 10.2. The Bertz CT molecular complexity index is 630. The summed E-state index contributed by atoms with van der Waals surface area (Å²) in [5.74, 6) is -0.302. The Morgan fingerprint density at radius 2 is 1.48 bits per heavy atom. The third-order valence-corrected chi connectivity index (χ3v) is 4.51. The molecule has 2 aromatic carbocycles. The van der Waals surface area contributed by atoms with Gasteiger partial charge in [-0.2, -0.15) is 0 Å². The molecule has 0 unspecified atom stereocenters. The van der Waals surface area contributed by atoms with Gasteiger partial charge in [-0.15, -0.1) is 0 Å². The van der Waals surface area contributed by atoms with Crippen molar-refractivity contribution in [2.75, 3.05) is 6.61 Å². The van der Waals surface area contributed by atoms with Gasteiger partial charge in [0, 0.05) is 0 Å². The van der Waals surface area contributed by atoms with Gasteiger partial charge in [0.1, 0.15) is 0 Å². The van der Waals surface area contributed by atoms with Crippen LogP contribution in [0.3, 0.4) is 0 Å². The summed E-state index contributed by atoms with van der Waals surface area (Å²) in [6, 6.07) is 15.3. The predicted molar refractivity (Wildman–Crippen MR) is 83.9 cm³/mol. The first-order valence-corrected chi connectivity index (χ1v) is 8.37. The number of carbonyl (C=O) groups is 2. The van der Waals surface area contributed by atoms with Crippen molar-refractivity contribution in [3.05, 3.63) is 54.1 Å². The van der Waals surface area contributed by atoms with Gasteiger partial charge < -0.3 is 0 Å². The van der Waals surface area contributed by atoms with E-state index in [0.717, 1.165) is 15.6 Å². The third-order valence-electron chi connectivity index (χ3n) is 2.85. The van der Waals surface area contributed by atoms with Crippen molar-refractivity contribution in [3.63, 3.8) is 0 Å². The second-order valence-corrected chi connectivity index (χ2v) is 7.04. The topological polar surface area (TPSA) is 43.4 Å². The molecule has 3 nitrogen and oxygen atoms in total. The van der Waals surface area contributed by atoms with E-state index in [-0.39, 0.29) is 25.6 Å².